The Morgan fingerprint density at radius 2 is 1.83 bits per heavy atom. The number of alkyl halides is 2. The van der Waals surface area contributed by atoms with E-state index < -0.39 is 30.5 Å². The van der Waals surface area contributed by atoms with E-state index in [0.29, 0.717) is 6.61 Å². The Bertz CT molecular complexity index is 1130. The fourth-order valence-corrected chi connectivity index (χ4v) is 4.37. The lowest BCUT2D eigenvalue weighted by Crippen LogP contribution is -2.60. The Morgan fingerprint density at radius 3 is 2.49 bits per heavy atom. The van der Waals surface area contributed by atoms with Crippen LogP contribution in [-0.2, 0) is 4.74 Å². The van der Waals surface area contributed by atoms with Crippen LogP contribution in [0, 0.1) is 0 Å². The van der Waals surface area contributed by atoms with Crippen LogP contribution in [0.5, 0.6) is 5.88 Å². The zero-order chi connectivity index (χ0) is 30.0. The van der Waals surface area contributed by atoms with Crippen molar-refractivity contribution in [3.8, 4) is 5.88 Å². The van der Waals surface area contributed by atoms with Crippen molar-refractivity contribution in [2.75, 3.05) is 62.4 Å². The second-order valence-corrected chi connectivity index (χ2v) is 9.46. The standard InChI is InChI=1S/C24H33F2N9O4.C2H6/c1-4-38-20-14-28-19(13-29-20)31-22(36)34(3)17-15-35(12-8-24(17,25)26)21-27-9-5-18(30-21)32-23(37)39-16-6-10-33(2)11-7-16;1-2/h5,9,13-14,16-17H,4,6-8,10-12,15H2,1-3H3,(H,28,31,36)(H,27,30,32,37);1-2H3. The van der Waals surface area contributed by atoms with Gasteiger partial charge in [0.05, 0.1) is 19.0 Å². The highest BCUT2D eigenvalue weighted by Crippen LogP contribution is 2.33. The fraction of sp³-hybridized carbons (Fsp3) is 0.615. The molecule has 4 rings (SSSR count). The molecule has 2 fully saturated rings. The summed E-state index contributed by atoms with van der Waals surface area (Å²) in [6.07, 6.45) is 4.20. The molecule has 2 aromatic heterocycles. The second-order valence-electron chi connectivity index (χ2n) is 9.46. The molecule has 0 saturated carbocycles. The summed E-state index contributed by atoms with van der Waals surface area (Å²) in [6, 6.07) is -0.753. The summed E-state index contributed by atoms with van der Waals surface area (Å²) < 4.78 is 40.6. The number of hydrogen-bond acceptors (Lipinski definition) is 10. The Balaban J connectivity index is 0.00000226. The smallest absolute Gasteiger partial charge is 0.413 e. The number of urea groups is 1. The van der Waals surface area contributed by atoms with E-state index in [-0.39, 0.29) is 42.7 Å². The number of nitrogens with zero attached hydrogens (tertiary/aromatic N) is 7. The fourth-order valence-electron chi connectivity index (χ4n) is 4.37. The number of aromatic nitrogens is 4. The van der Waals surface area contributed by atoms with Gasteiger partial charge in [0.25, 0.3) is 5.92 Å². The zero-order valence-electron chi connectivity index (χ0n) is 24.1. The Hall–Kier alpha value is -3.88. The second kappa shape index (κ2) is 14.7. The van der Waals surface area contributed by atoms with E-state index in [9.17, 15) is 18.4 Å². The minimum Gasteiger partial charge on any atom is -0.477 e. The average Bonchev–Trinajstić information content (AvgIpc) is 2.96. The third-order valence-electron chi connectivity index (χ3n) is 6.63. The molecular formula is C26H39F2N9O4. The molecule has 0 aromatic carbocycles. The summed E-state index contributed by atoms with van der Waals surface area (Å²) >= 11 is 0. The molecule has 1 atom stereocenters. The van der Waals surface area contributed by atoms with Gasteiger partial charge in [0, 0.05) is 45.8 Å². The minimum atomic E-state index is -3.15. The highest BCUT2D eigenvalue weighted by molar-refractivity contribution is 5.88. The molecule has 226 valence electrons. The first-order chi connectivity index (χ1) is 19.6. The van der Waals surface area contributed by atoms with E-state index in [1.807, 2.05) is 20.9 Å². The first-order valence-corrected chi connectivity index (χ1v) is 13.7. The lowest BCUT2D eigenvalue weighted by molar-refractivity contribution is -0.0760. The van der Waals surface area contributed by atoms with Crippen LogP contribution in [0.15, 0.2) is 24.7 Å². The normalized spacial score (nSPS) is 18.9. The average molecular weight is 580 g/mol. The number of rotatable bonds is 7. The van der Waals surface area contributed by atoms with Gasteiger partial charge in [0.2, 0.25) is 11.8 Å². The van der Waals surface area contributed by atoms with Crippen LogP contribution in [0.1, 0.15) is 40.0 Å². The van der Waals surface area contributed by atoms with Gasteiger partial charge in [-0.2, -0.15) is 4.98 Å². The Morgan fingerprint density at radius 1 is 1.10 bits per heavy atom. The monoisotopic (exact) mass is 579 g/mol. The topological polar surface area (TPSA) is 138 Å². The summed E-state index contributed by atoms with van der Waals surface area (Å²) in [4.78, 5) is 46.3. The van der Waals surface area contributed by atoms with Gasteiger partial charge in [-0.3, -0.25) is 10.6 Å². The number of amides is 3. The number of hydrogen-bond donors (Lipinski definition) is 2. The SMILES string of the molecule is CC.CCOc1cnc(NC(=O)N(C)C2CN(c3nccc(NC(=O)OC4CCN(C)CC4)n3)CCC2(F)F)cn1. The maximum absolute atomic E-state index is 14.9. The van der Waals surface area contributed by atoms with Crippen LogP contribution >= 0.6 is 0 Å². The summed E-state index contributed by atoms with van der Waals surface area (Å²) in [5.74, 6) is -2.43. The molecule has 2 aliphatic heterocycles. The molecule has 0 spiro atoms. The van der Waals surface area contributed by atoms with Gasteiger partial charge in [-0.1, -0.05) is 13.8 Å². The zero-order valence-corrected chi connectivity index (χ0v) is 24.1. The molecule has 15 heteroatoms. The minimum absolute atomic E-state index is 0.0349. The van der Waals surface area contributed by atoms with Gasteiger partial charge in [-0.15, -0.1) is 0 Å². The lowest BCUT2D eigenvalue weighted by atomic mass is 10.00. The maximum atomic E-state index is 14.9. The molecule has 2 N–H and O–H groups in total. The molecule has 3 amide bonds. The number of halogens is 2. The molecule has 2 saturated heterocycles. The Labute approximate surface area is 238 Å². The van der Waals surface area contributed by atoms with E-state index in [0.717, 1.165) is 30.8 Å². The van der Waals surface area contributed by atoms with Crippen molar-refractivity contribution in [3.63, 3.8) is 0 Å². The van der Waals surface area contributed by atoms with Crippen molar-refractivity contribution < 1.29 is 27.8 Å². The number of carbonyl (C=O) groups is 2. The van der Waals surface area contributed by atoms with Gasteiger partial charge in [-0.25, -0.2) is 33.3 Å². The molecule has 0 aliphatic carbocycles. The first kappa shape index (κ1) is 31.6. The number of piperidine rings is 2. The van der Waals surface area contributed by atoms with Crippen molar-refractivity contribution >= 4 is 29.7 Å². The van der Waals surface area contributed by atoms with Crippen LogP contribution < -0.4 is 20.3 Å². The van der Waals surface area contributed by atoms with Crippen molar-refractivity contribution in [2.45, 2.75) is 58.1 Å². The predicted octanol–water partition coefficient (Wildman–Crippen LogP) is 3.71. The third kappa shape index (κ3) is 8.80. The van der Waals surface area contributed by atoms with E-state index >= 15 is 0 Å². The van der Waals surface area contributed by atoms with E-state index in [1.54, 1.807) is 11.8 Å². The van der Waals surface area contributed by atoms with Crippen molar-refractivity contribution in [3.05, 3.63) is 24.7 Å². The highest BCUT2D eigenvalue weighted by Gasteiger charge is 2.48. The van der Waals surface area contributed by atoms with Crippen LogP contribution in [0.4, 0.5) is 36.0 Å². The first-order valence-electron chi connectivity index (χ1n) is 13.7. The van der Waals surface area contributed by atoms with Gasteiger partial charge in [-0.05, 0) is 32.9 Å². The summed E-state index contributed by atoms with van der Waals surface area (Å²) in [5, 5.41) is 5.07. The number of likely N-dealkylation sites (N-methyl/N-ethyl adjacent to an activating group) is 1. The van der Waals surface area contributed by atoms with Crippen molar-refractivity contribution in [1.29, 1.82) is 0 Å². The quantitative estimate of drug-likeness (QED) is 0.499. The number of nitrogens with one attached hydrogen (secondary N) is 2. The van der Waals surface area contributed by atoms with Crippen molar-refractivity contribution in [2.24, 2.45) is 0 Å². The van der Waals surface area contributed by atoms with E-state index in [2.05, 4.69) is 35.5 Å². The molecule has 2 aliphatic rings. The number of anilines is 3. The van der Waals surface area contributed by atoms with Crippen LogP contribution in [-0.4, -0.2) is 107 Å². The number of carbonyl (C=O) groups excluding carboxylic acids is 2. The third-order valence-corrected chi connectivity index (χ3v) is 6.63. The van der Waals surface area contributed by atoms with Crippen LogP contribution in [0.2, 0.25) is 0 Å². The van der Waals surface area contributed by atoms with Gasteiger partial charge < -0.3 is 24.2 Å². The van der Waals surface area contributed by atoms with Crippen molar-refractivity contribution in [1.82, 2.24) is 29.7 Å². The van der Waals surface area contributed by atoms with Gasteiger partial charge >= 0.3 is 12.1 Å². The predicted molar refractivity (Wildman–Crippen MR) is 150 cm³/mol. The molecule has 0 bridgehead atoms. The Kier molecular flexibility index (Phi) is 11.3. The molecule has 2 aromatic rings. The molecular weight excluding hydrogens is 540 g/mol. The molecule has 4 heterocycles. The van der Waals surface area contributed by atoms with Crippen LogP contribution in [0.25, 0.3) is 0 Å². The van der Waals surface area contributed by atoms with Gasteiger partial charge in [0.15, 0.2) is 5.82 Å². The highest BCUT2D eigenvalue weighted by atomic mass is 19.3. The maximum Gasteiger partial charge on any atom is 0.413 e. The summed E-state index contributed by atoms with van der Waals surface area (Å²) in [6.45, 7) is 7.62. The number of likely N-dealkylation sites (tertiary alicyclic amines) is 1. The summed E-state index contributed by atoms with van der Waals surface area (Å²) in [5.41, 5.74) is 0. The molecule has 13 nitrogen and oxygen atoms in total. The number of ether oxygens (including phenoxy) is 2. The van der Waals surface area contributed by atoms with Gasteiger partial charge in [0.1, 0.15) is 18.0 Å². The van der Waals surface area contributed by atoms with E-state index in [1.165, 1.54) is 31.7 Å². The molecule has 41 heavy (non-hydrogen) atoms. The van der Waals surface area contributed by atoms with E-state index in [4.69, 9.17) is 9.47 Å². The largest absolute Gasteiger partial charge is 0.477 e. The molecule has 1 unspecified atom stereocenters. The van der Waals surface area contributed by atoms with Crippen LogP contribution in [0.3, 0.4) is 0 Å². The molecule has 0 radical (unpaired) electrons. The lowest BCUT2D eigenvalue weighted by Gasteiger charge is -2.42. The summed E-state index contributed by atoms with van der Waals surface area (Å²) in [7, 11) is 3.30.